The Labute approximate surface area is 134 Å². The number of cyclic esters (lactones) is 1. The number of hydrogen-bond acceptors (Lipinski definition) is 6. The highest BCUT2D eigenvalue weighted by atomic mass is 16.6. The van der Waals surface area contributed by atoms with Gasteiger partial charge in [-0.1, -0.05) is 12.1 Å². The Morgan fingerprint density at radius 3 is 2.78 bits per heavy atom. The molecule has 7 heteroatoms. The SMILES string of the molecule is CCCc1noc(C(C)Nc2ccc(N3CCOC3=O)cc2)n1. The quantitative estimate of drug-likeness (QED) is 0.881. The molecule has 1 saturated heterocycles. The van der Waals surface area contributed by atoms with Crippen LogP contribution in [-0.2, 0) is 11.2 Å². The summed E-state index contributed by atoms with van der Waals surface area (Å²) in [5.41, 5.74) is 1.75. The number of carbonyl (C=O) groups is 1. The summed E-state index contributed by atoms with van der Waals surface area (Å²) < 4.78 is 10.2. The van der Waals surface area contributed by atoms with Crippen LogP contribution in [0.25, 0.3) is 0 Å². The molecule has 1 unspecified atom stereocenters. The lowest BCUT2D eigenvalue weighted by Gasteiger charge is -2.15. The van der Waals surface area contributed by atoms with Crippen molar-refractivity contribution in [3.63, 3.8) is 0 Å². The van der Waals surface area contributed by atoms with Crippen molar-refractivity contribution in [2.75, 3.05) is 23.4 Å². The lowest BCUT2D eigenvalue weighted by Crippen LogP contribution is -2.23. The zero-order valence-electron chi connectivity index (χ0n) is 13.3. The molecule has 0 spiro atoms. The third-order valence-electron chi connectivity index (χ3n) is 3.65. The lowest BCUT2D eigenvalue weighted by molar-refractivity contribution is 0.181. The van der Waals surface area contributed by atoms with Gasteiger partial charge in [-0.2, -0.15) is 4.98 Å². The topological polar surface area (TPSA) is 80.5 Å². The van der Waals surface area contributed by atoms with Crippen LogP contribution in [0, 0.1) is 0 Å². The van der Waals surface area contributed by atoms with Gasteiger partial charge in [0.05, 0.1) is 6.54 Å². The highest BCUT2D eigenvalue weighted by Crippen LogP contribution is 2.23. The van der Waals surface area contributed by atoms with E-state index in [9.17, 15) is 4.79 Å². The van der Waals surface area contributed by atoms with E-state index in [2.05, 4.69) is 22.4 Å². The van der Waals surface area contributed by atoms with E-state index in [-0.39, 0.29) is 12.1 Å². The van der Waals surface area contributed by atoms with E-state index in [0.717, 1.165) is 30.0 Å². The van der Waals surface area contributed by atoms with Crippen LogP contribution < -0.4 is 10.2 Å². The van der Waals surface area contributed by atoms with Gasteiger partial charge in [-0.3, -0.25) is 4.90 Å². The van der Waals surface area contributed by atoms with Gasteiger partial charge >= 0.3 is 6.09 Å². The molecule has 122 valence electrons. The van der Waals surface area contributed by atoms with Crippen LogP contribution in [0.5, 0.6) is 0 Å². The fraction of sp³-hybridized carbons (Fsp3) is 0.438. The number of rotatable bonds is 6. The number of benzene rings is 1. The molecule has 1 atom stereocenters. The second-order valence-corrected chi connectivity index (χ2v) is 5.48. The zero-order valence-corrected chi connectivity index (χ0v) is 13.3. The van der Waals surface area contributed by atoms with Crippen LogP contribution in [0.4, 0.5) is 16.2 Å². The summed E-state index contributed by atoms with van der Waals surface area (Å²) in [7, 11) is 0. The van der Waals surface area contributed by atoms with Crippen molar-refractivity contribution in [1.82, 2.24) is 10.1 Å². The van der Waals surface area contributed by atoms with Crippen LogP contribution in [0.3, 0.4) is 0 Å². The van der Waals surface area contributed by atoms with Crippen LogP contribution in [0.2, 0.25) is 0 Å². The molecule has 1 N–H and O–H groups in total. The molecule has 2 aromatic rings. The molecule has 0 aliphatic carbocycles. The highest BCUT2D eigenvalue weighted by molar-refractivity contribution is 5.89. The summed E-state index contributed by atoms with van der Waals surface area (Å²) in [5, 5.41) is 7.27. The normalized spacial score (nSPS) is 15.6. The van der Waals surface area contributed by atoms with Gasteiger partial charge in [-0.15, -0.1) is 0 Å². The van der Waals surface area contributed by atoms with Crippen LogP contribution in [-0.4, -0.2) is 29.4 Å². The first kappa shape index (κ1) is 15.3. The maximum Gasteiger partial charge on any atom is 0.414 e. The molecule has 23 heavy (non-hydrogen) atoms. The number of ether oxygens (including phenoxy) is 1. The van der Waals surface area contributed by atoms with Gasteiger partial charge in [0, 0.05) is 17.8 Å². The molecular formula is C16H20N4O3. The molecule has 1 aliphatic heterocycles. The van der Waals surface area contributed by atoms with Crippen molar-refractivity contribution < 1.29 is 14.1 Å². The van der Waals surface area contributed by atoms with Crippen molar-refractivity contribution >= 4 is 17.5 Å². The van der Waals surface area contributed by atoms with Crippen molar-refractivity contribution in [3.8, 4) is 0 Å². The summed E-state index contributed by atoms with van der Waals surface area (Å²) in [6, 6.07) is 7.52. The Hall–Kier alpha value is -2.57. The Morgan fingerprint density at radius 1 is 1.35 bits per heavy atom. The molecule has 0 bridgehead atoms. The minimum Gasteiger partial charge on any atom is -0.447 e. The molecule has 1 fully saturated rings. The minimum atomic E-state index is -0.298. The van der Waals surface area contributed by atoms with E-state index in [1.54, 1.807) is 4.90 Å². The maximum atomic E-state index is 11.5. The molecule has 0 radical (unpaired) electrons. The molecular weight excluding hydrogens is 296 g/mol. The Kier molecular flexibility index (Phi) is 4.45. The fourth-order valence-corrected chi connectivity index (χ4v) is 2.45. The standard InChI is InChI=1S/C16H20N4O3/c1-3-4-14-18-15(23-19-14)11(2)17-12-5-7-13(8-6-12)20-9-10-22-16(20)21/h5-8,11,17H,3-4,9-10H2,1-2H3. The number of anilines is 2. The highest BCUT2D eigenvalue weighted by Gasteiger charge is 2.23. The minimum absolute atomic E-state index is 0.0873. The summed E-state index contributed by atoms with van der Waals surface area (Å²) in [6.07, 6.45) is 1.51. The van der Waals surface area contributed by atoms with Gasteiger partial charge in [0.2, 0.25) is 5.89 Å². The number of carbonyl (C=O) groups excluding carboxylic acids is 1. The Balaban J connectivity index is 1.64. The van der Waals surface area contributed by atoms with Gasteiger partial charge in [0.1, 0.15) is 12.6 Å². The first-order chi connectivity index (χ1) is 11.2. The maximum absolute atomic E-state index is 11.5. The summed E-state index contributed by atoms with van der Waals surface area (Å²) in [6.45, 7) is 5.07. The van der Waals surface area contributed by atoms with Crippen molar-refractivity contribution in [1.29, 1.82) is 0 Å². The molecule has 1 amide bonds. The lowest BCUT2D eigenvalue weighted by atomic mass is 10.2. The van der Waals surface area contributed by atoms with E-state index in [0.29, 0.717) is 19.0 Å². The Bertz CT molecular complexity index is 668. The molecule has 2 heterocycles. The van der Waals surface area contributed by atoms with Gasteiger partial charge in [-0.05, 0) is 37.6 Å². The molecule has 3 rings (SSSR count). The third-order valence-corrected chi connectivity index (χ3v) is 3.65. The van der Waals surface area contributed by atoms with Gasteiger partial charge in [0.25, 0.3) is 0 Å². The van der Waals surface area contributed by atoms with Crippen LogP contribution in [0.1, 0.15) is 38.0 Å². The third kappa shape index (κ3) is 3.44. The zero-order chi connectivity index (χ0) is 16.2. The monoisotopic (exact) mass is 316 g/mol. The number of aryl methyl sites for hydroxylation is 1. The second-order valence-electron chi connectivity index (χ2n) is 5.48. The van der Waals surface area contributed by atoms with Gasteiger partial charge in [-0.25, -0.2) is 4.79 Å². The molecule has 1 aromatic carbocycles. The number of nitrogens with one attached hydrogen (secondary N) is 1. The first-order valence-electron chi connectivity index (χ1n) is 7.80. The predicted octanol–water partition coefficient (Wildman–Crippen LogP) is 3.15. The predicted molar refractivity (Wildman–Crippen MR) is 85.5 cm³/mol. The van der Waals surface area contributed by atoms with Crippen LogP contribution >= 0.6 is 0 Å². The molecule has 1 aromatic heterocycles. The molecule has 1 aliphatic rings. The first-order valence-corrected chi connectivity index (χ1v) is 7.80. The number of aromatic nitrogens is 2. The van der Waals surface area contributed by atoms with E-state index >= 15 is 0 Å². The smallest absolute Gasteiger partial charge is 0.414 e. The molecule has 7 nitrogen and oxygen atoms in total. The number of nitrogens with zero attached hydrogens (tertiary/aromatic N) is 3. The average molecular weight is 316 g/mol. The van der Waals surface area contributed by atoms with Crippen molar-refractivity contribution in [3.05, 3.63) is 36.0 Å². The number of amides is 1. The largest absolute Gasteiger partial charge is 0.447 e. The fourth-order valence-electron chi connectivity index (χ4n) is 2.45. The van der Waals surface area contributed by atoms with Gasteiger partial charge in [0.15, 0.2) is 5.82 Å². The summed E-state index contributed by atoms with van der Waals surface area (Å²) in [4.78, 5) is 17.5. The van der Waals surface area contributed by atoms with Crippen LogP contribution in [0.15, 0.2) is 28.8 Å². The van der Waals surface area contributed by atoms with E-state index < -0.39 is 0 Å². The summed E-state index contributed by atoms with van der Waals surface area (Å²) in [5.74, 6) is 1.31. The number of hydrogen-bond donors (Lipinski definition) is 1. The van der Waals surface area contributed by atoms with E-state index in [1.807, 2.05) is 31.2 Å². The average Bonchev–Trinajstić information content (AvgIpc) is 3.18. The van der Waals surface area contributed by atoms with E-state index in [4.69, 9.17) is 9.26 Å². The Morgan fingerprint density at radius 2 is 2.13 bits per heavy atom. The van der Waals surface area contributed by atoms with Crippen molar-refractivity contribution in [2.24, 2.45) is 0 Å². The van der Waals surface area contributed by atoms with E-state index in [1.165, 1.54) is 0 Å². The molecule has 0 saturated carbocycles. The summed E-state index contributed by atoms with van der Waals surface area (Å²) >= 11 is 0. The van der Waals surface area contributed by atoms with Gasteiger partial charge < -0.3 is 14.6 Å². The second kappa shape index (κ2) is 6.68. The van der Waals surface area contributed by atoms with Crippen molar-refractivity contribution in [2.45, 2.75) is 32.7 Å².